The average molecular weight is 352 g/mol. The summed E-state index contributed by atoms with van der Waals surface area (Å²) < 4.78 is 4.91. The molecule has 1 aromatic heterocycles. The zero-order valence-electron chi connectivity index (χ0n) is 14.0. The fraction of sp³-hybridized carbons (Fsp3) is 0.588. The van der Waals surface area contributed by atoms with Crippen LogP contribution in [0.25, 0.3) is 0 Å². The summed E-state index contributed by atoms with van der Waals surface area (Å²) in [6.07, 6.45) is 3.25. The molecular weight excluding hydrogens is 328 g/mol. The highest BCUT2D eigenvalue weighted by Gasteiger charge is 2.28. The summed E-state index contributed by atoms with van der Waals surface area (Å²) >= 11 is 1.29. The van der Waals surface area contributed by atoms with E-state index in [-0.39, 0.29) is 31.0 Å². The van der Waals surface area contributed by atoms with Crippen molar-refractivity contribution in [1.82, 2.24) is 10.6 Å². The molecule has 0 aromatic carbocycles. The van der Waals surface area contributed by atoms with Gasteiger partial charge in [0, 0.05) is 6.04 Å². The van der Waals surface area contributed by atoms with Crippen LogP contribution in [0.4, 0.5) is 0 Å². The maximum absolute atomic E-state index is 11.9. The number of hydrogen-bond donors (Lipinski definition) is 2. The molecule has 1 aliphatic carbocycles. The normalized spacial score (nSPS) is 23.3. The van der Waals surface area contributed by atoms with E-state index < -0.39 is 5.97 Å². The summed E-state index contributed by atoms with van der Waals surface area (Å²) in [5, 5.41) is 7.19. The van der Waals surface area contributed by atoms with Crippen LogP contribution in [0.2, 0.25) is 0 Å². The molecule has 1 heterocycles. The minimum atomic E-state index is -0.625. The molecule has 3 atom stereocenters. The predicted octanol–water partition coefficient (Wildman–Crippen LogP) is 1.96. The predicted molar refractivity (Wildman–Crippen MR) is 91.7 cm³/mol. The molecule has 1 fully saturated rings. The smallest absolute Gasteiger partial charge is 0.325 e. The van der Waals surface area contributed by atoms with Crippen LogP contribution in [0.1, 0.15) is 42.8 Å². The lowest BCUT2D eigenvalue weighted by Crippen LogP contribution is -2.45. The number of ether oxygens (including phenoxy) is 1. The van der Waals surface area contributed by atoms with Gasteiger partial charge in [0.1, 0.15) is 6.54 Å². The summed E-state index contributed by atoms with van der Waals surface area (Å²) in [4.78, 5) is 35.8. The SMILES string of the molecule is C[C@@H]1[C@@H](C)CCC[C@H]1NC(=O)COC(=O)CNC(=O)c1cccs1. The van der Waals surface area contributed by atoms with E-state index in [4.69, 9.17) is 4.74 Å². The Bertz CT molecular complexity index is 573. The molecule has 2 N–H and O–H groups in total. The van der Waals surface area contributed by atoms with Gasteiger partial charge < -0.3 is 15.4 Å². The number of carbonyl (C=O) groups is 3. The van der Waals surface area contributed by atoms with Crippen molar-refractivity contribution in [2.75, 3.05) is 13.2 Å². The summed E-state index contributed by atoms with van der Waals surface area (Å²) in [6.45, 7) is 3.77. The van der Waals surface area contributed by atoms with E-state index >= 15 is 0 Å². The van der Waals surface area contributed by atoms with Crippen molar-refractivity contribution in [3.8, 4) is 0 Å². The van der Waals surface area contributed by atoms with Crippen LogP contribution in [-0.2, 0) is 14.3 Å². The lowest BCUT2D eigenvalue weighted by molar-refractivity contribution is -0.147. The number of carbonyl (C=O) groups excluding carboxylic acids is 3. The standard InChI is InChI=1S/C17H24N2O4S/c1-11-5-3-6-13(12(11)2)19-15(20)10-23-16(21)9-18-17(22)14-7-4-8-24-14/h4,7-8,11-13H,3,5-6,9-10H2,1-2H3,(H,18,22)(H,19,20)/t11-,12+,13+/m0/s1. The molecule has 0 saturated heterocycles. The second-order valence-corrected chi connectivity index (χ2v) is 7.21. The number of amides is 2. The molecule has 6 nitrogen and oxygen atoms in total. The Balaban J connectivity index is 1.66. The Morgan fingerprint density at radius 1 is 1.29 bits per heavy atom. The van der Waals surface area contributed by atoms with Crippen molar-refractivity contribution in [2.45, 2.75) is 39.2 Å². The molecule has 0 radical (unpaired) electrons. The van der Waals surface area contributed by atoms with Crippen LogP contribution in [0.5, 0.6) is 0 Å². The van der Waals surface area contributed by atoms with Crippen molar-refractivity contribution in [2.24, 2.45) is 11.8 Å². The molecule has 2 rings (SSSR count). The maximum Gasteiger partial charge on any atom is 0.325 e. The molecule has 0 unspecified atom stereocenters. The van der Waals surface area contributed by atoms with E-state index in [2.05, 4.69) is 24.5 Å². The van der Waals surface area contributed by atoms with Crippen molar-refractivity contribution in [1.29, 1.82) is 0 Å². The van der Waals surface area contributed by atoms with Crippen LogP contribution in [0, 0.1) is 11.8 Å². The Hall–Kier alpha value is -1.89. The van der Waals surface area contributed by atoms with E-state index in [1.54, 1.807) is 17.5 Å². The van der Waals surface area contributed by atoms with Crippen LogP contribution < -0.4 is 10.6 Å². The van der Waals surface area contributed by atoms with Gasteiger partial charge in [-0.25, -0.2) is 0 Å². The monoisotopic (exact) mass is 352 g/mol. The zero-order chi connectivity index (χ0) is 17.5. The van der Waals surface area contributed by atoms with E-state index in [9.17, 15) is 14.4 Å². The molecule has 1 saturated carbocycles. The topological polar surface area (TPSA) is 84.5 Å². The van der Waals surface area contributed by atoms with E-state index in [1.807, 2.05) is 0 Å². The van der Waals surface area contributed by atoms with Gasteiger partial charge in [0.25, 0.3) is 11.8 Å². The summed E-state index contributed by atoms with van der Waals surface area (Å²) in [7, 11) is 0. The van der Waals surface area contributed by atoms with Crippen molar-refractivity contribution < 1.29 is 19.1 Å². The van der Waals surface area contributed by atoms with Gasteiger partial charge in [-0.3, -0.25) is 14.4 Å². The average Bonchev–Trinajstić information content (AvgIpc) is 3.09. The first-order chi connectivity index (χ1) is 11.5. The van der Waals surface area contributed by atoms with Gasteiger partial charge in [-0.2, -0.15) is 0 Å². The Morgan fingerprint density at radius 2 is 2.08 bits per heavy atom. The minimum Gasteiger partial charge on any atom is -0.454 e. The first-order valence-corrected chi connectivity index (χ1v) is 9.12. The number of hydrogen-bond acceptors (Lipinski definition) is 5. The number of nitrogens with one attached hydrogen (secondary N) is 2. The second kappa shape index (κ2) is 8.82. The first-order valence-electron chi connectivity index (χ1n) is 8.24. The van der Waals surface area contributed by atoms with Gasteiger partial charge in [-0.05, 0) is 29.7 Å². The highest BCUT2D eigenvalue weighted by atomic mass is 32.1. The molecule has 24 heavy (non-hydrogen) atoms. The molecule has 0 aliphatic heterocycles. The largest absolute Gasteiger partial charge is 0.454 e. The highest BCUT2D eigenvalue weighted by Crippen LogP contribution is 2.29. The molecule has 0 spiro atoms. The maximum atomic E-state index is 11.9. The van der Waals surface area contributed by atoms with Gasteiger partial charge in [0.05, 0.1) is 4.88 Å². The van der Waals surface area contributed by atoms with Crippen LogP contribution in [-0.4, -0.2) is 37.0 Å². The molecular formula is C17H24N2O4S. The van der Waals surface area contributed by atoms with Gasteiger partial charge in [-0.1, -0.05) is 32.8 Å². The van der Waals surface area contributed by atoms with Gasteiger partial charge in [0.2, 0.25) is 0 Å². The third-order valence-corrected chi connectivity index (χ3v) is 5.42. The Kier molecular flexibility index (Phi) is 6.78. The molecule has 1 aromatic rings. The molecule has 0 bridgehead atoms. The van der Waals surface area contributed by atoms with Crippen molar-refractivity contribution in [3.05, 3.63) is 22.4 Å². The molecule has 1 aliphatic rings. The fourth-order valence-electron chi connectivity index (χ4n) is 2.88. The number of esters is 1. The number of rotatable bonds is 6. The zero-order valence-corrected chi connectivity index (χ0v) is 14.9. The fourth-order valence-corrected chi connectivity index (χ4v) is 3.52. The quantitative estimate of drug-likeness (QED) is 0.767. The van der Waals surface area contributed by atoms with E-state index in [0.29, 0.717) is 16.7 Å². The Labute approximate surface area is 146 Å². The minimum absolute atomic E-state index is 0.137. The third-order valence-electron chi connectivity index (χ3n) is 4.56. The molecule has 132 valence electrons. The van der Waals surface area contributed by atoms with Crippen molar-refractivity contribution >= 4 is 29.1 Å². The van der Waals surface area contributed by atoms with E-state index in [0.717, 1.165) is 12.8 Å². The van der Waals surface area contributed by atoms with Crippen LogP contribution >= 0.6 is 11.3 Å². The number of thiophene rings is 1. The summed E-state index contributed by atoms with van der Waals surface area (Å²) in [5.41, 5.74) is 0. The lowest BCUT2D eigenvalue weighted by Gasteiger charge is -2.34. The third kappa shape index (κ3) is 5.33. The summed E-state index contributed by atoms with van der Waals surface area (Å²) in [6, 6.07) is 3.57. The van der Waals surface area contributed by atoms with Crippen LogP contribution in [0.15, 0.2) is 17.5 Å². The highest BCUT2D eigenvalue weighted by molar-refractivity contribution is 7.12. The van der Waals surface area contributed by atoms with E-state index in [1.165, 1.54) is 17.8 Å². The molecule has 2 amide bonds. The first kappa shape index (κ1) is 18.4. The van der Waals surface area contributed by atoms with Gasteiger partial charge in [-0.15, -0.1) is 11.3 Å². The van der Waals surface area contributed by atoms with Gasteiger partial charge >= 0.3 is 5.97 Å². The van der Waals surface area contributed by atoms with Crippen molar-refractivity contribution in [3.63, 3.8) is 0 Å². The second-order valence-electron chi connectivity index (χ2n) is 6.26. The van der Waals surface area contributed by atoms with Gasteiger partial charge in [0.15, 0.2) is 6.61 Å². The van der Waals surface area contributed by atoms with Crippen LogP contribution in [0.3, 0.4) is 0 Å². The molecule has 7 heteroatoms. The Morgan fingerprint density at radius 3 is 2.79 bits per heavy atom. The summed E-state index contributed by atoms with van der Waals surface area (Å²) in [5.74, 6) is -0.238. The lowest BCUT2D eigenvalue weighted by atomic mass is 9.78.